The average Bonchev–Trinajstić information content (AvgIpc) is 3.23. The predicted molar refractivity (Wildman–Crippen MR) is 83.6 cm³/mol. The van der Waals surface area contributed by atoms with E-state index in [9.17, 15) is 0 Å². The van der Waals surface area contributed by atoms with Gasteiger partial charge >= 0.3 is 0 Å². The van der Waals surface area contributed by atoms with E-state index in [2.05, 4.69) is 57.3 Å². The van der Waals surface area contributed by atoms with E-state index in [0.717, 1.165) is 50.9 Å². The normalized spacial score (nSPS) is 26.2. The van der Waals surface area contributed by atoms with Gasteiger partial charge in [0.05, 0.1) is 6.54 Å². The number of likely N-dealkylation sites (N-methyl/N-ethyl adjacent to an activating group) is 1. The number of rotatable bonds is 4. The van der Waals surface area contributed by atoms with Crippen molar-refractivity contribution in [2.75, 3.05) is 33.2 Å². The fourth-order valence-corrected chi connectivity index (χ4v) is 3.22. The highest BCUT2D eigenvalue weighted by Crippen LogP contribution is 2.53. The van der Waals surface area contributed by atoms with Crippen LogP contribution in [0.25, 0.3) is 0 Å². The Bertz CT molecular complexity index is 619. The van der Waals surface area contributed by atoms with Gasteiger partial charge in [-0.15, -0.1) is 0 Å². The van der Waals surface area contributed by atoms with Gasteiger partial charge in [0.1, 0.15) is 0 Å². The maximum Gasteiger partial charge on any atom is 0.230 e. The third kappa shape index (κ3) is 2.91. The summed E-state index contributed by atoms with van der Waals surface area (Å²) in [4.78, 5) is 9.38. The lowest BCUT2D eigenvalue weighted by Crippen LogP contribution is -2.44. The smallest absolute Gasteiger partial charge is 0.230 e. The van der Waals surface area contributed by atoms with Gasteiger partial charge in [-0.2, -0.15) is 4.98 Å². The molecule has 1 saturated heterocycles. The zero-order chi connectivity index (χ0) is 14.9. The van der Waals surface area contributed by atoms with E-state index >= 15 is 0 Å². The van der Waals surface area contributed by atoms with Crippen molar-refractivity contribution < 1.29 is 4.52 Å². The van der Waals surface area contributed by atoms with E-state index in [0.29, 0.717) is 11.8 Å². The largest absolute Gasteiger partial charge is 0.339 e. The number of hydrogen-bond acceptors (Lipinski definition) is 5. The molecule has 0 unspecified atom stereocenters. The first-order chi connectivity index (χ1) is 10.8. The topological polar surface area (TPSA) is 45.4 Å². The van der Waals surface area contributed by atoms with Crippen LogP contribution in [0, 0.1) is 0 Å². The monoisotopic (exact) mass is 298 g/mol. The number of nitrogens with zero attached hydrogens (tertiary/aromatic N) is 4. The first-order valence-corrected chi connectivity index (χ1v) is 8.08. The molecule has 0 spiro atoms. The zero-order valence-corrected chi connectivity index (χ0v) is 13.0. The Morgan fingerprint density at radius 3 is 2.64 bits per heavy atom. The minimum absolute atomic E-state index is 0.413. The third-order valence-corrected chi connectivity index (χ3v) is 4.78. The van der Waals surface area contributed by atoms with Crippen LogP contribution in [0.1, 0.15) is 35.5 Å². The summed E-state index contributed by atoms with van der Waals surface area (Å²) in [7, 11) is 2.17. The lowest BCUT2D eigenvalue weighted by atomic mass is 10.1. The van der Waals surface area contributed by atoms with Crippen LogP contribution in [0.2, 0.25) is 0 Å². The van der Waals surface area contributed by atoms with Crippen molar-refractivity contribution in [3.63, 3.8) is 0 Å². The second kappa shape index (κ2) is 5.82. The molecule has 1 aromatic heterocycles. The Kier molecular flexibility index (Phi) is 3.68. The van der Waals surface area contributed by atoms with Gasteiger partial charge in [-0.25, -0.2) is 0 Å². The molecule has 22 heavy (non-hydrogen) atoms. The van der Waals surface area contributed by atoms with Gasteiger partial charge in [0.2, 0.25) is 5.89 Å². The summed E-state index contributed by atoms with van der Waals surface area (Å²) in [5.74, 6) is 2.62. The van der Waals surface area contributed by atoms with Crippen molar-refractivity contribution >= 4 is 0 Å². The van der Waals surface area contributed by atoms with Gasteiger partial charge in [-0.1, -0.05) is 35.5 Å². The molecule has 0 radical (unpaired) electrons. The minimum Gasteiger partial charge on any atom is -0.339 e. The summed E-state index contributed by atoms with van der Waals surface area (Å²) < 4.78 is 5.50. The van der Waals surface area contributed by atoms with Gasteiger partial charge in [0.15, 0.2) is 5.82 Å². The van der Waals surface area contributed by atoms with Crippen molar-refractivity contribution in [1.82, 2.24) is 19.9 Å². The van der Waals surface area contributed by atoms with Crippen LogP contribution >= 0.6 is 0 Å². The fraction of sp³-hybridized carbons (Fsp3) is 0.529. The van der Waals surface area contributed by atoms with Gasteiger partial charge in [-0.05, 0) is 24.9 Å². The molecule has 116 valence electrons. The molecular weight excluding hydrogens is 276 g/mol. The van der Waals surface area contributed by atoms with Crippen molar-refractivity contribution in [2.45, 2.75) is 24.8 Å². The molecule has 2 heterocycles. The minimum atomic E-state index is 0.413. The quantitative estimate of drug-likeness (QED) is 0.865. The summed E-state index contributed by atoms with van der Waals surface area (Å²) in [6, 6.07) is 10.6. The highest BCUT2D eigenvalue weighted by atomic mass is 16.5. The standard InChI is InChI=1S/C17H22N4O/c1-20-7-9-21(10-8-20)12-16-18-17(22-19-16)15-11-14(15)13-5-3-2-4-6-13/h2-6,14-15H,7-12H2,1H3/t14-,15+/m0/s1. The SMILES string of the molecule is CN1CCN(Cc2noc([C@@H]3C[C@H]3c3ccccc3)n2)CC1. The van der Waals surface area contributed by atoms with E-state index in [4.69, 9.17) is 4.52 Å². The maximum atomic E-state index is 5.50. The highest BCUT2D eigenvalue weighted by Gasteiger charge is 2.43. The molecule has 2 aliphatic rings. The van der Waals surface area contributed by atoms with Crippen molar-refractivity contribution in [2.24, 2.45) is 0 Å². The summed E-state index contributed by atoms with van der Waals surface area (Å²) in [6.07, 6.45) is 1.13. The number of piperazine rings is 1. The first-order valence-electron chi connectivity index (χ1n) is 8.08. The molecule has 0 bridgehead atoms. The molecule has 0 N–H and O–H groups in total. The lowest BCUT2D eigenvalue weighted by molar-refractivity contribution is 0.144. The number of aromatic nitrogens is 2. The number of benzene rings is 1. The molecule has 2 fully saturated rings. The molecule has 5 heteroatoms. The molecule has 1 aromatic carbocycles. The van der Waals surface area contributed by atoms with Gasteiger partial charge in [0, 0.05) is 32.1 Å². The van der Waals surface area contributed by atoms with E-state index in [1.165, 1.54) is 5.56 Å². The molecule has 2 atom stereocenters. The van der Waals surface area contributed by atoms with Crippen LogP contribution < -0.4 is 0 Å². The van der Waals surface area contributed by atoms with E-state index < -0.39 is 0 Å². The van der Waals surface area contributed by atoms with Crippen LogP contribution in [0.4, 0.5) is 0 Å². The molecule has 1 saturated carbocycles. The molecule has 5 nitrogen and oxygen atoms in total. The zero-order valence-electron chi connectivity index (χ0n) is 13.0. The first kappa shape index (κ1) is 13.9. The third-order valence-electron chi connectivity index (χ3n) is 4.78. The van der Waals surface area contributed by atoms with E-state index in [1.807, 2.05) is 0 Å². The molecular formula is C17H22N4O. The summed E-state index contributed by atoms with van der Waals surface area (Å²) in [5, 5.41) is 4.18. The van der Waals surface area contributed by atoms with Crippen molar-refractivity contribution in [3.05, 3.63) is 47.6 Å². The Morgan fingerprint density at radius 2 is 1.86 bits per heavy atom. The average molecular weight is 298 g/mol. The number of hydrogen-bond donors (Lipinski definition) is 0. The Hall–Kier alpha value is -1.72. The fourth-order valence-electron chi connectivity index (χ4n) is 3.22. The highest BCUT2D eigenvalue weighted by molar-refractivity contribution is 5.30. The van der Waals surface area contributed by atoms with Crippen LogP contribution in [-0.2, 0) is 6.54 Å². The van der Waals surface area contributed by atoms with Crippen LogP contribution in [0.15, 0.2) is 34.9 Å². The Balaban J connectivity index is 1.37. The van der Waals surface area contributed by atoms with Crippen LogP contribution in [0.3, 0.4) is 0 Å². The maximum absolute atomic E-state index is 5.50. The summed E-state index contributed by atoms with van der Waals surface area (Å²) in [5.41, 5.74) is 1.38. The van der Waals surface area contributed by atoms with Crippen LogP contribution in [-0.4, -0.2) is 53.2 Å². The second-order valence-electron chi connectivity index (χ2n) is 6.49. The van der Waals surface area contributed by atoms with Gasteiger partial charge < -0.3 is 9.42 Å². The van der Waals surface area contributed by atoms with E-state index in [-0.39, 0.29) is 0 Å². The second-order valence-corrected chi connectivity index (χ2v) is 6.49. The van der Waals surface area contributed by atoms with E-state index in [1.54, 1.807) is 0 Å². The van der Waals surface area contributed by atoms with Crippen LogP contribution in [0.5, 0.6) is 0 Å². The molecule has 2 aromatic rings. The van der Waals surface area contributed by atoms with Gasteiger partial charge in [0.25, 0.3) is 0 Å². The molecule has 1 aliphatic heterocycles. The molecule has 0 amide bonds. The lowest BCUT2D eigenvalue weighted by Gasteiger charge is -2.31. The van der Waals surface area contributed by atoms with Crippen molar-refractivity contribution in [3.8, 4) is 0 Å². The van der Waals surface area contributed by atoms with Crippen molar-refractivity contribution in [1.29, 1.82) is 0 Å². The summed E-state index contributed by atoms with van der Waals surface area (Å²) >= 11 is 0. The summed E-state index contributed by atoms with van der Waals surface area (Å²) in [6.45, 7) is 5.19. The Morgan fingerprint density at radius 1 is 1.09 bits per heavy atom. The molecule has 1 aliphatic carbocycles. The predicted octanol–water partition coefficient (Wildman–Crippen LogP) is 2.09. The van der Waals surface area contributed by atoms with Gasteiger partial charge in [-0.3, -0.25) is 4.90 Å². The molecule has 4 rings (SSSR count). The Labute approximate surface area is 130 Å².